The van der Waals surface area contributed by atoms with Gasteiger partial charge >= 0.3 is 8.24 Å². The second-order valence-corrected chi connectivity index (χ2v) is 17.8. The van der Waals surface area contributed by atoms with Gasteiger partial charge in [0.15, 0.2) is 0 Å². The van der Waals surface area contributed by atoms with Gasteiger partial charge in [0, 0.05) is 27.5 Å². The van der Waals surface area contributed by atoms with Gasteiger partial charge in [-0.15, -0.1) is 0 Å². The highest BCUT2D eigenvalue weighted by atomic mass is 31.1. The molecule has 46 heavy (non-hydrogen) atoms. The van der Waals surface area contributed by atoms with Gasteiger partial charge in [-0.25, -0.2) is 0 Å². The van der Waals surface area contributed by atoms with Crippen molar-refractivity contribution in [1.82, 2.24) is 4.98 Å². The molecule has 0 radical (unpaired) electrons. The van der Waals surface area contributed by atoms with E-state index in [1.807, 2.05) is 43.3 Å². The van der Waals surface area contributed by atoms with Crippen LogP contribution < -0.4 is 4.52 Å². The van der Waals surface area contributed by atoms with Crippen LogP contribution in [-0.4, -0.2) is 4.98 Å². The Balaban J connectivity index is 1.85. The summed E-state index contributed by atoms with van der Waals surface area (Å²) < 4.78 is 20.7. The monoisotopic (exact) mass is 637 g/mol. The molecule has 0 unspecified atom stereocenters. The Morgan fingerprint density at radius 1 is 0.587 bits per heavy atom. The molecule has 2 aromatic heterocycles. The van der Waals surface area contributed by atoms with E-state index in [0.717, 1.165) is 50.0 Å². The van der Waals surface area contributed by atoms with Crippen molar-refractivity contribution in [3.05, 3.63) is 101 Å². The number of benzene rings is 3. The molecule has 0 amide bonds. The molecule has 0 aliphatic heterocycles. The molecule has 0 N–H and O–H groups in total. The molecular weight excluding hydrogens is 585 g/mol. The zero-order valence-electron chi connectivity index (χ0n) is 30.1. The third-order valence-corrected chi connectivity index (χ3v) is 9.80. The Bertz CT molecular complexity index is 1820. The summed E-state index contributed by atoms with van der Waals surface area (Å²) in [6.45, 7) is 29.2. The highest BCUT2D eigenvalue weighted by molar-refractivity contribution is 7.31. The van der Waals surface area contributed by atoms with Gasteiger partial charge in [-0.2, -0.15) is 0 Å². The highest BCUT2D eigenvalue weighted by Crippen LogP contribution is 2.45. The minimum absolute atomic E-state index is 0.0535. The fraction of sp³-hybridized carbons (Fsp3) is 0.439. The van der Waals surface area contributed by atoms with Crippen molar-refractivity contribution in [3.63, 3.8) is 0 Å². The van der Waals surface area contributed by atoms with Gasteiger partial charge in [0.2, 0.25) is 0 Å². The highest BCUT2D eigenvalue weighted by Gasteiger charge is 2.29. The zero-order chi connectivity index (χ0) is 33.8. The number of aromatic nitrogens is 1. The predicted octanol–water partition coefficient (Wildman–Crippen LogP) is 12.7. The lowest BCUT2D eigenvalue weighted by atomic mass is 9.77. The molecule has 0 saturated heterocycles. The van der Waals surface area contributed by atoms with Crippen molar-refractivity contribution in [2.45, 2.75) is 118 Å². The maximum Gasteiger partial charge on any atom is 0.388 e. The lowest BCUT2D eigenvalue weighted by Gasteiger charge is -2.27. The minimum Gasteiger partial charge on any atom is -0.399 e. The third-order valence-electron chi connectivity index (χ3n) is 8.65. The van der Waals surface area contributed by atoms with Gasteiger partial charge in [-0.05, 0) is 64.0 Å². The van der Waals surface area contributed by atoms with E-state index in [4.69, 9.17) is 17.9 Å². The maximum absolute atomic E-state index is 6.96. The van der Waals surface area contributed by atoms with Crippen LogP contribution in [-0.2, 0) is 21.7 Å². The summed E-state index contributed by atoms with van der Waals surface area (Å²) in [5.74, 6) is 0. The number of hydrogen-bond donors (Lipinski definition) is 0. The quantitative estimate of drug-likeness (QED) is 0.197. The largest absolute Gasteiger partial charge is 0.399 e. The number of fused-ring (bicyclic) bond motifs is 3. The van der Waals surface area contributed by atoms with Gasteiger partial charge in [0.1, 0.15) is 17.3 Å². The second-order valence-electron chi connectivity index (χ2n) is 16.8. The average molecular weight is 638 g/mol. The van der Waals surface area contributed by atoms with Gasteiger partial charge in [0.25, 0.3) is 0 Å². The number of pyridine rings is 1. The van der Waals surface area contributed by atoms with E-state index in [2.05, 4.69) is 119 Å². The first-order valence-corrected chi connectivity index (χ1v) is 17.6. The summed E-state index contributed by atoms with van der Waals surface area (Å²) in [6, 6.07) is 25.6. The Morgan fingerprint density at radius 2 is 1.07 bits per heavy atom. The molecule has 2 heterocycles. The molecule has 5 rings (SSSR count). The molecule has 5 heteroatoms. The smallest absolute Gasteiger partial charge is 0.388 e. The molecule has 0 aliphatic rings. The number of rotatable bonds is 4. The third kappa shape index (κ3) is 7.14. The summed E-state index contributed by atoms with van der Waals surface area (Å²) in [6.07, 6.45) is -0.362. The lowest BCUT2D eigenvalue weighted by molar-refractivity contribution is 0.279. The van der Waals surface area contributed by atoms with Crippen LogP contribution in [0.3, 0.4) is 0 Å². The lowest BCUT2D eigenvalue weighted by Crippen LogP contribution is -2.17. The van der Waals surface area contributed by atoms with E-state index in [9.17, 15) is 0 Å². The van der Waals surface area contributed by atoms with Crippen molar-refractivity contribution in [2.24, 2.45) is 0 Å². The summed E-state index contributed by atoms with van der Waals surface area (Å²) >= 11 is 0. The van der Waals surface area contributed by atoms with Gasteiger partial charge in [-0.1, -0.05) is 132 Å². The van der Waals surface area contributed by atoms with Crippen molar-refractivity contribution in [2.75, 3.05) is 0 Å². The van der Waals surface area contributed by atoms with Crippen molar-refractivity contribution < 1.29 is 12.9 Å². The average Bonchev–Trinajstić information content (AvgIpc) is 3.10. The molecule has 0 saturated carbocycles. The van der Waals surface area contributed by atoms with Gasteiger partial charge < -0.3 is 8.39 Å². The van der Waals surface area contributed by atoms with Gasteiger partial charge in [-0.3, -0.25) is 9.51 Å². The summed E-state index contributed by atoms with van der Waals surface area (Å²) in [5.41, 5.74) is 8.88. The molecule has 0 bridgehead atoms. The molecule has 5 aromatic rings. The van der Waals surface area contributed by atoms with E-state index >= 15 is 0 Å². The van der Waals surface area contributed by atoms with Crippen LogP contribution in [0.2, 0.25) is 0 Å². The maximum atomic E-state index is 6.96. The first kappa shape index (κ1) is 34.0. The molecule has 4 nitrogen and oxygen atoms in total. The topological polar surface area (TPSA) is 48.4 Å². The van der Waals surface area contributed by atoms with E-state index < -0.39 is 8.24 Å². The normalized spacial score (nSPS) is 13.8. The molecule has 0 aliphatic carbocycles. The van der Waals surface area contributed by atoms with E-state index in [-0.39, 0.29) is 27.8 Å². The second kappa shape index (κ2) is 12.0. The van der Waals surface area contributed by atoms with E-state index in [1.165, 1.54) is 11.1 Å². The molecule has 244 valence electrons. The molecular formula is C41H52NO3P. The SMILES string of the molecule is C[C@H](Op1oc2c(C(C)(C)C)cc(C(C)(C)C)cc2c2cc(C(C)(C)C)cc(C(C)(C)C)c2o1)c1cccc(-c2ccccc2)n1. The predicted molar refractivity (Wildman–Crippen MR) is 196 cm³/mol. The summed E-state index contributed by atoms with van der Waals surface area (Å²) in [5, 5.41) is 2.13. The summed E-state index contributed by atoms with van der Waals surface area (Å²) in [4.78, 5) is 4.99. The van der Waals surface area contributed by atoms with Crippen molar-refractivity contribution in [3.8, 4) is 11.3 Å². The number of nitrogens with zero attached hydrogens (tertiary/aromatic N) is 1. The molecule has 0 spiro atoms. The molecule has 3 aromatic carbocycles. The fourth-order valence-electron chi connectivity index (χ4n) is 5.68. The standard InChI is InChI=1S/C41H52NO3P/c1-26(34-20-17-21-35(42-34)27-18-15-14-16-19-27)43-46-44-36-30(22-28(38(2,3)4)24-32(36)40(8,9)10)31-23-29(39(5,6)7)25-33(37(31)45-46)41(11,12)13/h14-26H,1-13H3/t26-/m0/s1. The van der Waals surface area contributed by atoms with Crippen LogP contribution in [0.5, 0.6) is 0 Å². The molecule has 1 atom stereocenters. The zero-order valence-corrected chi connectivity index (χ0v) is 31.0. The minimum atomic E-state index is -1.84. The fourth-order valence-corrected chi connectivity index (χ4v) is 6.86. The number of hydrogen-bond acceptors (Lipinski definition) is 4. The first-order chi connectivity index (χ1) is 21.2. The van der Waals surface area contributed by atoms with Crippen LogP contribution in [0.25, 0.3) is 33.2 Å². The summed E-state index contributed by atoms with van der Waals surface area (Å²) in [7, 11) is -1.84. The Morgan fingerprint density at radius 3 is 1.50 bits per heavy atom. The van der Waals surface area contributed by atoms with Crippen LogP contribution in [0.1, 0.15) is 124 Å². The van der Waals surface area contributed by atoms with Crippen molar-refractivity contribution in [1.29, 1.82) is 0 Å². The van der Waals surface area contributed by atoms with Gasteiger partial charge in [0.05, 0.1) is 11.4 Å². The Kier molecular flexibility index (Phi) is 8.90. The van der Waals surface area contributed by atoms with Crippen LogP contribution in [0.15, 0.2) is 81.2 Å². The van der Waals surface area contributed by atoms with Crippen LogP contribution in [0.4, 0.5) is 0 Å². The van der Waals surface area contributed by atoms with Crippen LogP contribution in [0, 0.1) is 0 Å². The van der Waals surface area contributed by atoms with E-state index in [1.54, 1.807) is 0 Å². The van der Waals surface area contributed by atoms with Crippen molar-refractivity contribution >= 4 is 30.2 Å². The molecule has 0 fully saturated rings. The Hall–Kier alpha value is -3.33. The first-order valence-electron chi connectivity index (χ1n) is 16.5. The van der Waals surface area contributed by atoms with E-state index in [0.29, 0.717) is 0 Å². The van der Waals surface area contributed by atoms with Crippen LogP contribution >= 0.6 is 8.24 Å². The Labute approximate surface area is 277 Å².